The largest absolute Gasteiger partial charge is 0.337 e. The highest BCUT2D eigenvalue weighted by molar-refractivity contribution is 5.94. The van der Waals surface area contributed by atoms with Gasteiger partial charge in [0.15, 0.2) is 0 Å². The molecule has 0 N–H and O–H groups in total. The Bertz CT molecular complexity index is 1050. The third-order valence-electron chi connectivity index (χ3n) is 5.91. The minimum atomic E-state index is -0.285. The molecule has 0 spiro atoms. The topological polar surface area (TPSA) is 28.5 Å². The predicted molar refractivity (Wildman–Crippen MR) is 105 cm³/mol. The fraction of sp³-hybridized carbons (Fsp3) is 0.261. The molecule has 3 aromatic rings. The van der Waals surface area contributed by atoms with Gasteiger partial charge in [0.1, 0.15) is 17.3 Å². The first-order valence-electron chi connectivity index (χ1n) is 9.77. The Hall–Kier alpha value is -2.99. The Kier molecular flexibility index (Phi) is 4.43. The van der Waals surface area contributed by atoms with Crippen LogP contribution in [0.25, 0.3) is 0 Å². The Balaban J connectivity index is 1.42. The van der Waals surface area contributed by atoms with Gasteiger partial charge in [-0.3, -0.25) is 9.69 Å². The van der Waals surface area contributed by atoms with Crippen molar-refractivity contribution in [2.45, 2.75) is 25.2 Å². The number of rotatable bonds is 4. The molecule has 2 aliphatic heterocycles. The number of benzene rings is 2. The third kappa shape index (κ3) is 3.34. The van der Waals surface area contributed by atoms with Gasteiger partial charge < -0.3 is 9.47 Å². The number of carbonyl (C=O) groups excluding carboxylic acids is 1. The maximum Gasteiger partial charge on any atom is 0.271 e. The van der Waals surface area contributed by atoms with Crippen molar-refractivity contribution < 1.29 is 13.6 Å². The molecule has 29 heavy (non-hydrogen) atoms. The Morgan fingerprint density at radius 2 is 1.62 bits per heavy atom. The maximum absolute atomic E-state index is 13.6. The summed E-state index contributed by atoms with van der Waals surface area (Å²) in [6, 6.07) is 16.9. The molecule has 3 heterocycles. The van der Waals surface area contributed by atoms with E-state index in [9.17, 15) is 13.6 Å². The van der Waals surface area contributed by atoms with Crippen LogP contribution in [0.4, 0.5) is 8.78 Å². The van der Waals surface area contributed by atoms with Crippen LogP contribution < -0.4 is 0 Å². The number of hydrogen-bond donors (Lipinski definition) is 0. The maximum atomic E-state index is 13.6. The number of likely N-dealkylation sites (tertiary alicyclic amines) is 1. The van der Waals surface area contributed by atoms with Crippen molar-refractivity contribution in [1.29, 1.82) is 0 Å². The van der Waals surface area contributed by atoms with E-state index in [-0.39, 0.29) is 29.6 Å². The molecule has 0 bridgehead atoms. The van der Waals surface area contributed by atoms with Crippen LogP contribution in [0.1, 0.15) is 27.7 Å². The van der Waals surface area contributed by atoms with Crippen molar-refractivity contribution >= 4 is 5.91 Å². The smallest absolute Gasteiger partial charge is 0.271 e. The summed E-state index contributed by atoms with van der Waals surface area (Å²) in [5.41, 5.74) is 2.51. The number of aromatic nitrogens is 1. The SMILES string of the molecule is O=C1c2cccn2[C@@H]2CN(Cc3cccc(F)c3)C[C@@H]2N1Cc1ccc(F)cc1. The first-order valence-corrected chi connectivity index (χ1v) is 9.77. The van der Waals surface area contributed by atoms with Crippen molar-refractivity contribution in [3.8, 4) is 0 Å². The summed E-state index contributed by atoms with van der Waals surface area (Å²) < 4.78 is 28.9. The number of halogens is 2. The van der Waals surface area contributed by atoms with Crippen molar-refractivity contribution in [3.63, 3.8) is 0 Å². The van der Waals surface area contributed by atoms with Gasteiger partial charge >= 0.3 is 0 Å². The van der Waals surface area contributed by atoms with Gasteiger partial charge in [-0.25, -0.2) is 8.78 Å². The first kappa shape index (κ1) is 18.1. The van der Waals surface area contributed by atoms with Crippen LogP contribution in [-0.4, -0.2) is 39.4 Å². The molecule has 1 amide bonds. The normalized spacial score (nSPS) is 21.3. The van der Waals surface area contributed by atoms with Gasteiger partial charge in [-0.2, -0.15) is 0 Å². The van der Waals surface area contributed by atoms with Crippen molar-refractivity contribution in [1.82, 2.24) is 14.4 Å². The fourth-order valence-corrected chi connectivity index (χ4v) is 4.59. The number of nitrogens with zero attached hydrogens (tertiary/aromatic N) is 3. The van der Waals surface area contributed by atoms with E-state index in [4.69, 9.17) is 0 Å². The minimum Gasteiger partial charge on any atom is -0.337 e. The minimum absolute atomic E-state index is 0.00631. The molecule has 0 radical (unpaired) electrons. The summed E-state index contributed by atoms with van der Waals surface area (Å²) in [4.78, 5) is 17.3. The quantitative estimate of drug-likeness (QED) is 0.674. The molecule has 4 nitrogen and oxygen atoms in total. The van der Waals surface area contributed by atoms with E-state index in [1.807, 2.05) is 29.3 Å². The summed E-state index contributed by atoms with van der Waals surface area (Å²) in [5, 5.41) is 0. The Morgan fingerprint density at radius 1 is 0.828 bits per heavy atom. The molecule has 1 fully saturated rings. The summed E-state index contributed by atoms with van der Waals surface area (Å²) in [7, 11) is 0. The molecular formula is C23H21F2N3O. The molecule has 1 saturated heterocycles. The summed E-state index contributed by atoms with van der Waals surface area (Å²) in [6.07, 6.45) is 1.96. The molecule has 0 unspecified atom stereocenters. The van der Waals surface area contributed by atoms with Crippen LogP contribution in [0, 0.1) is 11.6 Å². The molecule has 0 aliphatic carbocycles. The van der Waals surface area contributed by atoms with Crippen molar-refractivity contribution in [3.05, 3.63) is 95.3 Å². The zero-order chi connectivity index (χ0) is 20.0. The van der Waals surface area contributed by atoms with Gasteiger partial charge in [0.2, 0.25) is 0 Å². The highest BCUT2D eigenvalue weighted by Crippen LogP contribution is 2.35. The molecule has 2 aliphatic rings. The second-order valence-electron chi connectivity index (χ2n) is 7.82. The Labute approximate surface area is 168 Å². The fourth-order valence-electron chi connectivity index (χ4n) is 4.59. The van der Waals surface area contributed by atoms with Gasteiger partial charge in [-0.15, -0.1) is 0 Å². The molecule has 2 atom stereocenters. The lowest BCUT2D eigenvalue weighted by Crippen LogP contribution is -2.49. The number of carbonyl (C=O) groups is 1. The van der Waals surface area contributed by atoms with Gasteiger partial charge in [-0.1, -0.05) is 24.3 Å². The van der Waals surface area contributed by atoms with Gasteiger partial charge in [0.25, 0.3) is 5.91 Å². The van der Waals surface area contributed by atoms with Gasteiger partial charge in [0, 0.05) is 32.4 Å². The first-order chi connectivity index (χ1) is 14.1. The summed E-state index contributed by atoms with van der Waals surface area (Å²) >= 11 is 0. The molecule has 5 rings (SSSR count). The molecule has 148 valence electrons. The monoisotopic (exact) mass is 393 g/mol. The second-order valence-corrected chi connectivity index (χ2v) is 7.82. The molecule has 1 aromatic heterocycles. The van der Waals surface area contributed by atoms with E-state index in [0.29, 0.717) is 25.3 Å². The zero-order valence-corrected chi connectivity index (χ0v) is 15.8. The molecule has 2 aromatic carbocycles. The molecule has 0 saturated carbocycles. The van der Waals surface area contributed by atoms with E-state index in [2.05, 4.69) is 9.47 Å². The lowest BCUT2D eigenvalue weighted by Gasteiger charge is -2.38. The van der Waals surface area contributed by atoms with E-state index >= 15 is 0 Å². The van der Waals surface area contributed by atoms with E-state index in [0.717, 1.165) is 17.7 Å². The van der Waals surface area contributed by atoms with Crippen LogP contribution >= 0.6 is 0 Å². The van der Waals surface area contributed by atoms with Crippen LogP contribution in [0.2, 0.25) is 0 Å². The van der Waals surface area contributed by atoms with E-state index in [1.54, 1.807) is 24.3 Å². The average molecular weight is 393 g/mol. The average Bonchev–Trinajstić information content (AvgIpc) is 3.34. The van der Waals surface area contributed by atoms with Crippen LogP contribution in [0.5, 0.6) is 0 Å². The van der Waals surface area contributed by atoms with Gasteiger partial charge in [0.05, 0.1) is 12.1 Å². The summed E-state index contributed by atoms with van der Waals surface area (Å²) in [6.45, 7) is 2.58. The van der Waals surface area contributed by atoms with E-state index < -0.39 is 0 Å². The predicted octanol–water partition coefficient (Wildman–Crippen LogP) is 3.85. The summed E-state index contributed by atoms with van der Waals surface area (Å²) in [5.74, 6) is -0.527. The number of fused-ring (bicyclic) bond motifs is 3. The number of amides is 1. The van der Waals surface area contributed by atoms with E-state index in [1.165, 1.54) is 18.2 Å². The van der Waals surface area contributed by atoms with Crippen LogP contribution in [0.15, 0.2) is 66.9 Å². The standard InChI is InChI=1S/C23H21F2N3O/c24-18-8-6-16(7-9-18)13-28-22-15-26(12-17-3-1-4-19(25)11-17)14-21(22)27-10-2-5-20(27)23(28)29/h1-11,21-22H,12-15H2/t21-,22+/m1/s1. The molecular weight excluding hydrogens is 372 g/mol. The van der Waals surface area contributed by atoms with Crippen LogP contribution in [-0.2, 0) is 13.1 Å². The Morgan fingerprint density at radius 3 is 2.41 bits per heavy atom. The van der Waals surface area contributed by atoms with Gasteiger partial charge in [-0.05, 0) is 47.5 Å². The second kappa shape index (κ2) is 7.12. The molecule has 6 heteroatoms. The third-order valence-corrected chi connectivity index (χ3v) is 5.91. The van der Waals surface area contributed by atoms with Crippen molar-refractivity contribution in [2.24, 2.45) is 0 Å². The highest BCUT2D eigenvalue weighted by atomic mass is 19.1. The lowest BCUT2D eigenvalue weighted by molar-refractivity contribution is 0.0556. The number of hydrogen-bond acceptors (Lipinski definition) is 2. The lowest BCUT2D eigenvalue weighted by atomic mass is 10.0. The van der Waals surface area contributed by atoms with Crippen molar-refractivity contribution in [2.75, 3.05) is 13.1 Å². The highest BCUT2D eigenvalue weighted by Gasteiger charge is 2.44. The zero-order valence-electron chi connectivity index (χ0n) is 15.8. The van der Waals surface area contributed by atoms with Crippen LogP contribution in [0.3, 0.4) is 0 Å².